The SMILES string of the molecule is [C-]#[N+]C(CC)(CC)c1c(F)cc(Br)cc1F. The number of hydrogen-bond acceptors (Lipinski definition) is 0. The van der Waals surface area contributed by atoms with Crippen LogP contribution in [0.15, 0.2) is 16.6 Å². The maximum Gasteiger partial charge on any atom is 0.262 e. The molecule has 0 fully saturated rings. The lowest BCUT2D eigenvalue weighted by atomic mass is 9.85. The van der Waals surface area contributed by atoms with Gasteiger partial charge in [-0.2, -0.15) is 0 Å². The maximum atomic E-state index is 13.8. The molecule has 0 spiro atoms. The lowest BCUT2D eigenvalue weighted by Crippen LogP contribution is -2.23. The number of halogens is 3. The zero-order valence-corrected chi connectivity index (χ0v) is 10.7. The minimum atomic E-state index is -1.09. The third kappa shape index (κ3) is 2.10. The number of benzene rings is 1. The van der Waals surface area contributed by atoms with Gasteiger partial charge in [0.15, 0.2) is 0 Å². The molecule has 1 aromatic carbocycles. The van der Waals surface area contributed by atoms with E-state index in [1.807, 2.05) is 0 Å². The molecule has 4 heteroatoms. The first-order valence-electron chi connectivity index (χ1n) is 5.04. The van der Waals surface area contributed by atoms with Crippen LogP contribution < -0.4 is 0 Å². The maximum absolute atomic E-state index is 13.8. The minimum Gasteiger partial charge on any atom is -0.305 e. The van der Waals surface area contributed by atoms with Crippen molar-refractivity contribution < 1.29 is 8.78 Å². The van der Waals surface area contributed by atoms with E-state index in [-0.39, 0.29) is 5.56 Å². The third-order valence-corrected chi connectivity index (χ3v) is 3.31. The van der Waals surface area contributed by atoms with E-state index >= 15 is 0 Å². The van der Waals surface area contributed by atoms with Crippen LogP contribution in [-0.4, -0.2) is 0 Å². The summed E-state index contributed by atoms with van der Waals surface area (Å²) in [6.07, 6.45) is 0.783. The summed E-state index contributed by atoms with van der Waals surface area (Å²) < 4.78 is 27.9. The number of rotatable bonds is 3. The van der Waals surface area contributed by atoms with Crippen molar-refractivity contribution in [3.05, 3.63) is 45.2 Å². The standard InChI is InChI=1S/C12H12BrF2N/c1-4-12(5-2,16-3)11-9(14)6-8(13)7-10(11)15/h6-7H,4-5H2,1-2H3. The fraction of sp³-hybridized carbons (Fsp3) is 0.417. The Balaban J connectivity index is 3.48. The Kier molecular flexibility index (Phi) is 4.03. The van der Waals surface area contributed by atoms with Gasteiger partial charge in [-0.15, -0.1) is 0 Å². The van der Waals surface area contributed by atoms with Gasteiger partial charge < -0.3 is 4.85 Å². The molecule has 0 N–H and O–H groups in total. The number of hydrogen-bond donors (Lipinski definition) is 0. The fourth-order valence-corrected chi connectivity index (χ4v) is 2.21. The summed E-state index contributed by atoms with van der Waals surface area (Å²) >= 11 is 3.02. The molecule has 0 saturated heterocycles. The molecule has 1 nitrogen and oxygen atoms in total. The van der Waals surface area contributed by atoms with Crippen LogP contribution >= 0.6 is 15.9 Å². The minimum absolute atomic E-state index is 0.115. The first kappa shape index (κ1) is 13.1. The second-order valence-corrected chi connectivity index (χ2v) is 4.51. The van der Waals surface area contributed by atoms with Crippen LogP contribution in [0, 0.1) is 18.2 Å². The average molecular weight is 288 g/mol. The highest BCUT2D eigenvalue weighted by atomic mass is 79.9. The van der Waals surface area contributed by atoms with Gasteiger partial charge in [0.2, 0.25) is 0 Å². The van der Waals surface area contributed by atoms with Crippen LogP contribution in [0.1, 0.15) is 32.3 Å². The quantitative estimate of drug-likeness (QED) is 0.712. The molecule has 0 radical (unpaired) electrons. The first-order valence-corrected chi connectivity index (χ1v) is 5.83. The molecule has 1 aromatic rings. The van der Waals surface area contributed by atoms with Crippen molar-refractivity contribution in [1.29, 1.82) is 0 Å². The van der Waals surface area contributed by atoms with Crippen molar-refractivity contribution in [3.8, 4) is 0 Å². The van der Waals surface area contributed by atoms with Gasteiger partial charge in [0.25, 0.3) is 5.54 Å². The monoisotopic (exact) mass is 287 g/mol. The molecule has 0 aliphatic heterocycles. The normalized spacial score (nSPS) is 11.2. The summed E-state index contributed by atoms with van der Waals surface area (Å²) in [7, 11) is 0. The molecular formula is C12H12BrF2N. The molecule has 0 unspecified atom stereocenters. The van der Waals surface area contributed by atoms with Crippen molar-refractivity contribution in [3.63, 3.8) is 0 Å². The van der Waals surface area contributed by atoms with E-state index in [2.05, 4.69) is 20.8 Å². The Hall–Kier alpha value is -0.950. The summed E-state index contributed by atoms with van der Waals surface area (Å²) in [6, 6.07) is 2.40. The van der Waals surface area contributed by atoms with Crippen molar-refractivity contribution >= 4 is 15.9 Å². The third-order valence-electron chi connectivity index (χ3n) is 2.86. The second kappa shape index (κ2) is 4.92. The van der Waals surface area contributed by atoms with E-state index in [0.29, 0.717) is 17.3 Å². The molecule has 0 bridgehead atoms. The lowest BCUT2D eigenvalue weighted by molar-refractivity contribution is 0.428. The van der Waals surface area contributed by atoms with Crippen LogP contribution in [-0.2, 0) is 5.54 Å². The molecule has 0 amide bonds. The molecule has 0 aliphatic carbocycles. The van der Waals surface area contributed by atoms with Crippen LogP contribution in [0.3, 0.4) is 0 Å². The van der Waals surface area contributed by atoms with Gasteiger partial charge in [-0.3, -0.25) is 0 Å². The topological polar surface area (TPSA) is 4.36 Å². The van der Waals surface area contributed by atoms with Crippen LogP contribution in [0.2, 0.25) is 0 Å². The van der Waals surface area contributed by atoms with Gasteiger partial charge >= 0.3 is 0 Å². The summed E-state index contributed by atoms with van der Waals surface area (Å²) in [6.45, 7) is 10.7. The predicted octanol–water partition coefficient (Wildman–Crippen LogP) is 4.66. The van der Waals surface area contributed by atoms with Gasteiger partial charge in [-0.05, 0) is 12.1 Å². The van der Waals surface area contributed by atoms with Crippen molar-refractivity contribution in [2.45, 2.75) is 32.2 Å². The zero-order valence-electron chi connectivity index (χ0n) is 9.15. The van der Waals surface area contributed by atoms with Gasteiger partial charge in [0.05, 0.1) is 0 Å². The number of nitrogens with zero attached hydrogens (tertiary/aromatic N) is 1. The Morgan fingerprint density at radius 3 is 2.00 bits per heavy atom. The molecule has 86 valence electrons. The Labute approximate surface area is 102 Å². The van der Waals surface area contributed by atoms with Crippen molar-refractivity contribution in [1.82, 2.24) is 0 Å². The Bertz CT molecular complexity index is 410. The lowest BCUT2D eigenvalue weighted by Gasteiger charge is -2.20. The average Bonchev–Trinajstić information content (AvgIpc) is 2.23. The summed E-state index contributed by atoms with van der Waals surface area (Å²) in [5.41, 5.74) is -1.20. The molecule has 1 rings (SSSR count). The van der Waals surface area contributed by atoms with Gasteiger partial charge in [-0.25, -0.2) is 15.4 Å². The van der Waals surface area contributed by atoms with Crippen LogP contribution in [0.5, 0.6) is 0 Å². The molecular weight excluding hydrogens is 276 g/mol. The van der Waals surface area contributed by atoms with Crippen molar-refractivity contribution in [2.24, 2.45) is 0 Å². The summed E-state index contributed by atoms with van der Waals surface area (Å²) in [5.74, 6) is -1.32. The van der Waals surface area contributed by atoms with Crippen LogP contribution in [0.4, 0.5) is 8.78 Å². The highest BCUT2D eigenvalue weighted by molar-refractivity contribution is 9.10. The zero-order chi connectivity index (χ0) is 12.3. The summed E-state index contributed by atoms with van der Waals surface area (Å²) in [5, 5.41) is 0. The smallest absolute Gasteiger partial charge is 0.262 e. The molecule has 0 heterocycles. The highest BCUT2D eigenvalue weighted by Crippen LogP contribution is 2.37. The molecule has 0 aromatic heterocycles. The van der Waals surface area contributed by atoms with Gasteiger partial charge in [0.1, 0.15) is 17.2 Å². The van der Waals surface area contributed by atoms with E-state index in [4.69, 9.17) is 6.57 Å². The largest absolute Gasteiger partial charge is 0.305 e. The van der Waals surface area contributed by atoms with E-state index in [1.54, 1.807) is 13.8 Å². The Morgan fingerprint density at radius 1 is 1.25 bits per heavy atom. The molecule has 16 heavy (non-hydrogen) atoms. The van der Waals surface area contributed by atoms with Crippen molar-refractivity contribution in [2.75, 3.05) is 0 Å². The van der Waals surface area contributed by atoms with E-state index in [0.717, 1.165) is 0 Å². The predicted molar refractivity (Wildman–Crippen MR) is 62.9 cm³/mol. The molecule has 0 saturated carbocycles. The first-order chi connectivity index (χ1) is 7.50. The van der Waals surface area contributed by atoms with E-state index < -0.39 is 17.2 Å². The highest BCUT2D eigenvalue weighted by Gasteiger charge is 2.40. The summed E-state index contributed by atoms with van der Waals surface area (Å²) in [4.78, 5) is 3.43. The van der Waals surface area contributed by atoms with Gasteiger partial charge in [0, 0.05) is 17.3 Å². The fourth-order valence-electron chi connectivity index (χ4n) is 1.80. The van der Waals surface area contributed by atoms with E-state index in [1.165, 1.54) is 12.1 Å². The van der Waals surface area contributed by atoms with Gasteiger partial charge in [-0.1, -0.05) is 29.8 Å². The Morgan fingerprint density at radius 2 is 1.69 bits per heavy atom. The van der Waals surface area contributed by atoms with Crippen LogP contribution in [0.25, 0.3) is 4.85 Å². The molecule has 0 atom stereocenters. The molecule has 0 aliphatic rings. The van der Waals surface area contributed by atoms with E-state index in [9.17, 15) is 8.78 Å². The second-order valence-electron chi connectivity index (χ2n) is 3.59.